The first kappa shape index (κ1) is 21.2. The SMILES string of the molecule is O=C(CSc1nc2ccccc2nc1Cc1cccc([N+](=O)[O-])c1)NC1CCCCC1. The molecule has 1 heterocycles. The molecule has 1 N–H and O–H groups in total. The van der Waals surface area contributed by atoms with Crippen molar-refractivity contribution in [2.75, 3.05) is 5.75 Å². The second-order valence-corrected chi connectivity index (χ2v) is 8.72. The Hall–Kier alpha value is -3.00. The van der Waals surface area contributed by atoms with Crippen LogP contribution in [-0.4, -0.2) is 32.6 Å². The molecule has 160 valence electrons. The van der Waals surface area contributed by atoms with Crippen LogP contribution in [0.25, 0.3) is 11.0 Å². The molecule has 4 rings (SSSR count). The molecule has 3 aromatic rings. The zero-order valence-corrected chi connectivity index (χ0v) is 17.9. The van der Waals surface area contributed by atoms with Crippen molar-refractivity contribution in [2.45, 2.75) is 49.6 Å². The number of non-ortho nitro benzene ring substituents is 1. The Balaban J connectivity index is 1.54. The number of amides is 1. The third-order valence-corrected chi connectivity index (χ3v) is 6.42. The summed E-state index contributed by atoms with van der Waals surface area (Å²) in [6.07, 6.45) is 6.08. The van der Waals surface area contributed by atoms with Crippen molar-refractivity contribution in [3.8, 4) is 0 Å². The van der Waals surface area contributed by atoms with Crippen molar-refractivity contribution in [3.63, 3.8) is 0 Å². The molecule has 1 aromatic heterocycles. The van der Waals surface area contributed by atoms with Gasteiger partial charge in [0.1, 0.15) is 5.03 Å². The predicted octanol–water partition coefficient (Wildman–Crippen LogP) is 4.67. The van der Waals surface area contributed by atoms with Crippen molar-refractivity contribution < 1.29 is 9.72 Å². The van der Waals surface area contributed by atoms with Gasteiger partial charge in [-0.2, -0.15) is 0 Å². The fourth-order valence-electron chi connectivity index (χ4n) is 3.87. The Labute approximate surface area is 184 Å². The number of nitrogens with zero attached hydrogens (tertiary/aromatic N) is 3. The zero-order chi connectivity index (χ0) is 21.6. The predicted molar refractivity (Wildman–Crippen MR) is 121 cm³/mol. The number of carbonyl (C=O) groups excluding carboxylic acids is 1. The summed E-state index contributed by atoms with van der Waals surface area (Å²) in [5, 5.41) is 14.9. The van der Waals surface area contributed by atoms with Crippen LogP contribution in [0.15, 0.2) is 53.6 Å². The largest absolute Gasteiger partial charge is 0.353 e. The summed E-state index contributed by atoms with van der Waals surface area (Å²) in [5.41, 5.74) is 3.08. The first-order valence-electron chi connectivity index (χ1n) is 10.5. The monoisotopic (exact) mass is 436 g/mol. The molecule has 2 aromatic carbocycles. The highest BCUT2D eigenvalue weighted by atomic mass is 32.2. The third-order valence-electron chi connectivity index (χ3n) is 5.41. The maximum Gasteiger partial charge on any atom is 0.269 e. The van der Waals surface area contributed by atoms with Crippen molar-refractivity contribution in [1.82, 2.24) is 15.3 Å². The lowest BCUT2D eigenvalue weighted by Crippen LogP contribution is -2.37. The van der Waals surface area contributed by atoms with Crippen LogP contribution in [0, 0.1) is 10.1 Å². The smallest absolute Gasteiger partial charge is 0.269 e. The van der Waals surface area contributed by atoms with Crippen LogP contribution in [0.4, 0.5) is 5.69 Å². The molecule has 1 aliphatic carbocycles. The summed E-state index contributed by atoms with van der Waals surface area (Å²) in [4.78, 5) is 32.7. The summed E-state index contributed by atoms with van der Waals surface area (Å²) in [5.74, 6) is 0.277. The van der Waals surface area contributed by atoms with Gasteiger partial charge in [-0.25, -0.2) is 9.97 Å². The van der Waals surface area contributed by atoms with Gasteiger partial charge in [0, 0.05) is 24.6 Å². The number of carbonyl (C=O) groups is 1. The lowest BCUT2D eigenvalue weighted by Gasteiger charge is -2.22. The van der Waals surface area contributed by atoms with E-state index in [1.165, 1.54) is 37.1 Å². The van der Waals surface area contributed by atoms with Gasteiger partial charge in [0.2, 0.25) is 5.91 Å². The molecule has 0 saturated heterocycles. The lowest BCUT2D eigenvalue weighted by atomic mass is 9.95. The highest BCUT2D eigenvalue weighted by Gasteiger charge is 2.18. The average Bonchev–Trinajstić information content (AvgIpc) is 2.78. The van der Waals surface area contributed by atoms with Gasteiger partial charge >= 0.3 is 0 Å². The molecule has 7 nitrogen and oxygen atoms in total. The number of rotatable bonds is 7. The number of para-hydroxylation sites is 2. The molecule has 1 amide bonds. The second-order valence-electron chi connectivity index (χ2n) is 7.76. The van der Waals surface area contributed by atoms with E-state index in [9.17, 15) is 14.9 Å². The molecule has 1 fully saturated rings. The van der Waals surface area contributed by atoms with Crippen molar-refractivity contribution in [2.24, 2.45) is 0 Å². The second kappa shape index (κ2) is 9.87. The normalized spacial score (nSPS) is 14.5. The van der Waals surface area contributed by atoms with Gasteiger partial charge in [-0.3, -0.25) is 14.9 Å². The van der Waals surface area contributed by atoms with E-state index >= 15 is 0 Å². The number of nitrogens with one attached hydrogen (secondary N) is 1. The molecule has 1 aliphatic rings. The molecule has 0 radical (unpaired) electrons. The minimum atomic E-state index is -0.402. The summed E-state index contributed by atoms with van der Waals surface area (Å²) >= 11 is 1.37. The van der Waals surface area contributed by atoms with Crippen LogP contribution in [0.2, 0.25) is 0 Å². The number of nitro benzene ring substituents is 1. The van der Waals surface area contributed by atoms with Crippen molar-refractivity contribution in [1.29, 1.82) is 0 Å². The minimum Gasteiger partial charge on any atom is -0.353 e. The van der Waals surface area contributed by atoms with Crippen LogP contribution in [0.1, 0.15) is 43.4 Å². The summed E-state index contributed by atoms with van der Waals surface area (Å²) in [6.45, 7) is 0. The van der Waals surface area contributed by atoms with Gasteiger partial charge in [-0.1, -0.05) is 55.3 Å². The first-order valence-corrected chi connectivity index (χ1v) is 11.5. The average molecular weight is 437 g/mol. The molecule has 0 atom stereocenters. The number of thioether (sulfide) groups is 1. The number of nitro groups is 1. The maximum absolute atomic E-state index is 12.5. The number of aromatic nitrogens is 2. The fourth-order valence-corrected chi connectivity index (χ4v) is 4.67. The van der Waals surface area contributed by atoms with Crippen LogP contribution in [0.3, 0.4) is 0 Å². The third kappa shape index (κ3) is 5.58. The lowest BCUT2D eigenvalue weighted by molar-refractivity contribution is -0.384. The van der Waals surface area contributed by atoms with Crippen LogP contribution in [0.5, 0.6) is 0 Å². The molecule has 1 saturated carbocycles. The highest BCUT2D eigenvalue weighted by Crippen LogP contribution is 2.26. The Kier molecular flexibility index (Phi) is 6.76. The molecule has 0 bridgehead atoms. The topological polar surface area (TPSA) is 98.0 Å². The van der Waals surface area contributed by atoms with Gasteiger partial charge in [-0.05, 0) is 30.5 Å². The van der Waals surface area contributed by atoms with Crippen LogP contribution >= 0.6 is 11.8 Å². The molecule has 8 heteroatoms. The van der Waals surface area contributed by atoms with Gasteiger partial charge in [0.15, 0.2) is 0 Å². The van der Waals surface area contributed by atoms with Crippen LogP contribution in [-0.2, 0) is 11.2 Å². The van der Waals surface area contributed by atoms with Gasteiger partial charge in [0.25, 0.3) is 5.69 Å². The number of hydrogen-bond acceptors (Lipinski definition) is 6. The van der Waals surface area contributed by atoms with Gasteiger partial charge in [-0.15, -0.1) is 0 Å². The molecular formula is C23H24N4O3S. The van der Waals surface area contributed by atoms with E-state index in [-0.39, 0.29) is 23.4 Å². The number of benzene rings is 2. The van der Waals surface area contributed by atoms with Crippen LogP contribution < -0.4 is 5.32 Å². The van der Waals surface area contributed by atoms with Crippen molar-refractivity contribution >= 4 is 34.4 Å². The Morgan fingerprint density at radius 3 is 2.55 bits per heavy atom. The standard InChI is InChI=1S/C23H24N4O3S/c28-22(24-17-8-2-1-3-9-17)15-31-23-21(25-19-11-4-5-12-20(19)26-23)14-16-7-6-10-18(13-16)27(29)30/h4-7,10-13,17H,1-3,8-9,14-15H2,(H,24,28). The fraction of sp³-hybridized carbons (Fsp3) is 0.348. The number of hydrogen-bond donors (Lipinski definition) is 1. The Morgan fingerprint density at radius 2 is 1.81 bits per heavy atom. The van der Waals surface area contributed by atoms with E-state index in [4.69, 9.17) is 9.97 Å². The quantitative estimate of drug-likeness (QED) is 0.328. The van der Waals surface area contributed by atoms with E-state index in [0.29, 0.717) is 11.4 Å². The first-order chi connectivity index (χ1) is 15.1. The van der Waals surface area contributed by atoms with E-state index in [1.807, 2.05) is 30.3 Å². The van der Waals surface area contributed by atoms with Crippen molar-refractivity contribution in [3.05, 3.63) is 69.9 Å². The number of fused-ring (bicyclic) bond motifs is 1. The summed E-state index contributed by atoms with van der Waals surface area (Å²) < 4.78 is 0. The van der Waals surface area contributed by atoms with Gasteiger partial charge < -0.3 is 5.32 Å². The van der Waals surface area contributed by atoms with E-state index < -0.39 is 4.92 Å². The Bertz CT molecular complexity index is 1100. The van der Waals surface area contributed by atoms with E-state index in [0.717, 1.165) is 35.1 Å². The Morgan fingerprint density at radius 1 is 1.06 bits per heavy atom. The molecule has 0 spiro atoms. The zero-order valence-electron chi connectivity index (χ0n) is 17.1. The summed E-state index contributed by atoms with van der Waals surface area (Å²) in [6, 6.07) is 14.4. The molecule has 0 aliphatic heterocycles. The maximum atomic E-state index is 12.5. The van der Waals surface area contributed by atoms with E-state index in [1.54, 1.807) is 12.1 Å². The molecular weight excluding hydrogens is 412 g/mol. The van der Waals surface area contributed by atoms with E-state index in [2.05, 4.69) is 5.32 Å². The molecule has 31 heavy (non-hydrogen) atoms. The highest BCUT2D eigenvalue weighted by molar-refractivity contribution is 7.99. The summed E-state index contributed by atoms with van der Waals surface area (Å²) in [7, 11) is 0. The minimum absolute atomic E-state index is 0.00755. The van der Waals surface area contributed by atoms with Gasteiger partial charge in [0.05, 0.1) is 27.4 Å². The molecule has 0 unspecified atom stereocenters.